The third-order valence-electron chi connectivity index (χ3n) is 2.02. The van der Waals surface area contributed by atoms with Crippen LogP contribution in [0, 0.1) is 0 Å². The zero-order valence-corrected chi connectivity index (χ0v) is 9.14. The van der Waals surface area contributed by atoms with Crippen LogP contribution in [-0.4, -0.2) is 11.8 Å². The van der Waals surface area contributed by atoms with Gasteiger partial charge in [0, 0.05) is 22.0 Å². The largest absolute Gasteiger partial charge is 0.392 e. The van der Waals surface area contributed by atoms with E-state index in [0.717, 1.165) is 17.7 Å². The number of halogens is 2. The van der Waals surface area contributed by atoms with Crippen molar-refractivity contribution in [2.75, 3.05) is 0 Å². The van der Waals surface area contributed by atoms with Crippen molar-refractivity contribution in [2.24, 2.45) is 5.16 Å². The first-order chi connectivity index (χ1) is 6.65. The summed E-state index contributed by atoms with van der Waals surface area (Å²) in [5.41, 5.74) is 1.84. The molecule has 14 heavy (non-hydrogen) atoms. The molecule has 2 rings (SSSR count). The Hall–Kier alpha value is -0.730. The lowest BCUT2D eigenvalue weighted by Gasteiger charge is -2.01. The fraction of sp³-hybridized carbons (Fsp3) is 0.300. The molecule has 0 saturated heterocycles. The minimum absolute atomic E-state index is 0.141. The van der Waals surface area contributed by atoms with Crippen molar-refractivity contribution in [3.8, 4) is 0 Å². The van der Waals surface area contributed by atoms with Gasteiger partial charge in [-0.15, -0.1) is 0 Å². The monoisotopic (exact) mass is 229 g/mol. The average molecular weight is 230 g/mol. The second-order valence-electron chi connectivity index (χ2n) is 3.32. The van der Waals surface area contributed by atoms with Gasteiger partial charge in [-0.25, -0.2) is 0 Å². The minimum atomic E-state index is 0.141. The molecule has 2 nitrogen and oxygen atoms in total. The highest BCUT2D eigenvalue weighted by Gasteiger charge is 2.18. The maximum atomic E-state index is 5.88. The van der Waals surface area contributed by atoms with E-state index in [2.05, 4.69) is 5.16 Å². The first-order valence-electron chi connectivity index (χ1n) is 4.34. The number of rotatable bonds is 1. The molecular weight excluding hydrogens is 221 g/mol. The van der Waals surface area contributed by atoms with Crippen molar-refractivity contribution in [1.82, 2.24) is 0 Å². The summed E-state index contributed by atoms with van der Waals surface area (Å²) in [6.07, 6.45) is 0.944. The van der Waals surface area contributed by atoms with Gasteiger partial charge < -0.3 is 4.84 Å². The number of hydrogen-bond donors (Lipinski definition) is 0. The normalized spacial score (nSPS) is 20.5. The maximum absolute atomic E-state index is 5.88. The van der Waals surface area contributed by atoms with Crippen LogP contribution >= 0.6 is 23.2 Å². The first-order valence-corrected chi connectivity index (χ1v) is 5.10. The van der Waals surface area contributed by atoms with E-state index in [9.17, 15) is 0 Å². The summed E-state index contributed by atoms with van der Waals surface area (Å²) >= 11 is 11.8. The van der Waals surface area contributed by atoms with E-state index < -0.39 is 0 Å². The van der Waals surface area contributed by atoms with Crippen molar-refractivity contribution in [3.05, 3.63) is 33.8 Å². The van der Waals surface area contributed by atoms with Crippen LogP contribution in [0.2, 0.25) is 10.0 Å². The predicted molar refractivity (Wildman–Crippen MR) is 58.2 cm³/mol. The minimum Gasteiger partial charge on any atom is -0.392 e. The van der Waals surface area contributed by atoms with Gasteiger partial charge in [-0.3, -0.25) is 0 Å². The summed E-state index contributed by atoms with van der Waals surface area (Å²) < 4.78 is 0. The Kier molecular flexibility index (Phi) is 2.66. The molecule has 1 aliphatic rings. The van der Waals surface area contributed by atoms with Crippen molar-refractivity contribution in [1.29, 1.82) is 0 Å². The molecule has 1 atom stereocenters. The SMILES string of the molecule is CC1CC(c2cc(Cl)cc(Cl)c2)=NO1. The molecule has 0 amide bonds. The van der Waals surface area contributed by atoms with E-state index in [-0.39, 0.29) is 6.10 Å². The Morgan fingerprint density at radius 3 is 2.43 bits per heavy atom. The van der Waals surface area contributed by atoms with Gasteiger partial charge >= 0.3 is 0 Å². The molecule has 4 heteroatoms. The lowest BCUT2D eigenvalue weighted by molar-refractivity contribution is 0.0995. The number of oxime groups is 1. The Morgan fingerprint density at radius 2 is 1.93 bits per heavy atom. The van der Waals surface area contributed by atoms with Gasteiger partial charge in [-0.1, -0.05) is 28.4 Å². The molecular formula is C10H9Cl2NO. The molecule has 0 spiro atoms. The number of benzene rings is 1. The van der Waals surface area contributed by atoms with E-state index >= 15 is 0 Å². The molecule has 0 radical (unpaired) electrons. The summed E-state index contributed by atoms with van der Waals surface area (Å²) in [5.74, 6) is 0. The van der Waals surface area contributed by atoms with E-state index in [4.69, 9.17) is 28.0 Å². The average Bonchev–Trinajstić information content (AvgIpc) is 2.50. The lowest BCUT2D eigenvalue weighted by atomic mass is 10.1. The van der Waals surface area contributed by atoms with Crippen molar-refractivity contribution < 1.29 is 4.84 Å². The summed E-state index contributed by atoms with van der Waals surface area (Å²) in [5, 5.41) is 5.21. The molecule has 0 saturated carbocycles. The molecule has 1 aromatic carbocycles. The first kappa shape index (κ1) is 9.81. The highest BCUT2D eigenvalue weighted by molar-refractivity contribution is 6.35. The van der Waals surface area contributed by atoms with E-state index in [0.29, 0.717) is 10.0 Å². The van der Waals surface area contributed by atoms with Gasteiger partial charge in [0.1, 0.15) is 6.10 Å². The van der Waals surface area contributed by atoms with E-state index in [1.807, 2.05) is 19.1 Å². The summed E-state index contributed by atoms with van der Waals surface area (Å²) in [6, 6.07) is 5.38. The maximum Gasteiger partial charge on any atom is 0.130 e. The Balaban J connectivity index is 2.33. The van der Waals surface area contributed by atoms with Crippen molar-refractivity contribution in [3.63, 3.8) is 0 Å². The molecule has 0 fully saturated rings. The van der Waals surface area contributed by atoms with Crippen molar-refractivity contribution >= 4 is 28.9 Å². The molecule has 0 N–H and O–H groups in total. The van der Waals surface area contributed by atoms with Crippen LogP contribution < -0.4 is 0 Å². The smallest absolute Gasteiger partial charge is 0.130 e. The van der Waals surface area contributed by atoms with Gasteiger partial charge in [-0.2, -0.15) is 0 Å². The van der Waals surface area contributed by atoms with Gasteiger partial charge in [0.15, 0.2) is 0 Å². The number of hydrogen-bond acceptors (Lipinski definition) is 2. The van der Waals surface area contributed by atoms with Crippen LogP contribution in [-0.2, 0) is 4.84 Å². The van der Waals surface area contributed by atoms with Gasteiger partial charge in [0.05, 0.1) is 5.71 Å². The Labute approximate surface area is 92.5 Å². The van der Waals surface area contributed by atoms with E-state index in [1.165, 1.54) is 0 Å². The molecule has 74 valence electrons. The molecule has 1 heterocycles. The lowest BCUT2D eigenvalue weighted by Crippen LogP contribution is -2.03. The van der Waals surface area contributed by atoms with E-state index in [1.54, 1.807) is 6.07 Å². The standard InChI is InChI=1S/C10H9Cl2NO/c1-6-2-10(13-14-6)7-3-8(11)5-9(12)4-7/h3-6H,2H2,1H3. The predicted octanol–water partition coefficient (Wildman–Crippen LogP) is 3.51. The summed E-state index contributed by atoms with van der Waals surface area (Å²) in [4.78, 5) is 5.10. The molecule has 0 aliphatic carbocycles. The zero-order chi connectivity index (χ0) is 10.1. The molecule has 1 unspecified atom stereocenters. The summed E-state index contributed by atoms with van der Waals surface area (Å²) in [6.45, 7) is 1.97. The summed E-state index contributed by atoms with van der Waals surface area (Å²) in [7, 11) is 0. The van der Waals surface area contributed by atoms with Crippen LogP contribution in [0.3, 0.4) is 0 Å². The quantitative estimate of drug-likeness (QED) is 0.723. The van der Waals surface area contributed by atoms with Crippen LogP contribution in [0.4, 0.5) is 0 Å². The third-order valence-corrected chi connectivity index (χ3v) is 2.46. The highest BCUT2D eigenvalue weighted by atomic mass is 35.5. The second-order valence-corrected chi connectivity index (χ2v) is 4.19. The Bertz CT molecular complexity index is 369. The van der Waals surface area contributed by atoms with Crippen LogP contribution in [0.25, 0.3) is 0 Å². The van der Waals surface area contributed by atoms with Gasteiger partial charge in [0.25, 0.3) is 0 Å². The second kappa shape index (κ2) is 3.79. The zero-order valence-electron chi connectivity index (χ0n) is 7.63. The fourth-order valence-electron chi connectivity index (χ4n) is 1.39. The molecule has 0 bridgehead atoms. The van der Waals surface area contributed by atoms with Gasteiger partial charge in [0.2, 0.25) is 0 Å². The van der Waals surface area contributed by atoms with Crippen molar-refractivity contribution in [2.45, 2.75) is 19.4 Å². The fourth-order valence-corrected chi connectivity index (χ4v) is 1.92. The number of nitrogens with zero attached hydrogens (tertiary/aromatic N) is 1. The highest BCUT2D eigenvalue weighted by Crippen LogP contribution is 2.23. The van der Waals surface area contributed by atoms with Crippen LogP contribution in [0.1, 0.15) is 18.9 Å². The molecule has 1 aliphatic heterocycles. The Morgan fingerprint density at radius 1 is 1.29 bits per heavy atom. The van der Waals surface area contributed by atoms with Crippen LogP contribution in [0.15, 0.2) is 23.4 Å². The molecule has 0 aromatic heterocycles. The van der Waals surface area contributed by atoms with Gasteiger partial charge in [-0.05, 0) is 25.1 Å². The molecule has 1 aromatic rings. The third kappa shape index (κ3) is 2.02. The topological polar surface area (TPSA) is 21.6 Å². The van der Waals surface area contributed by atoms with Crippen LogP contribution in [0.5, 0.6) is 0 Å².